The maximum Gasteiger partial charge on any atom is 0.419 e. The summed E-state index contributed by atoms with van der Waals surface area (Å²) in [5.74, 6) is 0.914. The van der Waals surface area contributed by atoms with Crippen LogP contribution in [-0.4, -0.2) is 23.4 Å². The number of benzene rings is 1. The number of rotatable bonds is 2. The molecule has 1 heterocycles. The van der Waals surface area contributed by atoms with Gasteiger partial charge >= 0.3 is 6.09 Å². The summed E-state index contributed by atoms with van der Waals surface area (Å²) in [6.07, 6.45) is -0.434. The third-order valence-electron chi connectivity index (χ3n) is 2.80. The van der Waals surface area contributed by atoms with Crippen molar-refractivity contribution in [1.29, 1.82) is 0 Å². The Morgan fingerprint density at radius 3 is 2.55 bits per heavy atom. The first kappa shape index (κ1) is 14.7. The van der Waals surface area contributed by atoms with Gasteiger partial charge in [-0.25, -0.2) is 9.36 Å². The van der Waals surface area contributed by atoms with E-state index in [-0.39, 0.29) is 5.88 Å². The number of alkyl halides is 1. The lowest BCUT2D eigenvalue weighted by atomic mass is 10.2. The summed E-state index contributed by atoms with van der Waals surface area (Å²) in [6, 6.07) is 7.42. The molecule has 0 saturated heterocycles. The van der Waals surface area contributed by atoms with E-state index in [9.17, 15) is 4.79 Å². The standard InChI is InChI=1S/C15H18ClNO3/c1-15(2,3)20-14(18)17-11(9-16)7-10-5-6-12(19-4)8-13(10)17/h5-8H,9H2,1-4H3. The average molecular weight is 296 g/mol. The first-order chi connectivity index (χ1) is 9.35. The van der Waals surface area contributed by atoms with Crippen LogP contribution < -0.4 is 4.74 Å². The number of carbonyl (C=O) groups is 1. The molecule has 20 heavy (non-hydrogen) atoms. The number of hydrogen-bond donors (Lipinski definition) is 0. The van der Waals surface area contributed by atoms with Crippen molar-refractivity contribution in [1.82, 2.24) is 4.57 Å². The van der Waals surface area contributed by atoms with Gasteiger partial charge in [0.1, 0.15) is 11.4 Å². The molecule has 4 nitrogen and oxygen atoms in total. The third kappa shape index (κ3) is 2.90. The number of nitrogens with zero attached hydrogens (tertiary/aromatic N) is 1. The Kier molecular flexibility index (Phi) is 3.95. The fraction of sp³-hybridized carbons (Fsp3) is 0.400. The lowest BCUT2D eigenvalue weighted by molar-refractivity contribution is 0.0541. The molecular formula is C15H18ClNO3. The predicted octanol–water partition coefficient (Wildman–Crippen LogP) is 4.17. The summed E-state index contributed by atoms with van der Waals surface area (Å²) in [4.78, 5) is 12.4. The molecule has 0 spiro atoms. The van der Waals surface area contributed by atoms with Crippen LogP contribution in [0.5, 0.6) is 5.75 Å². The van der Waals surface area contributed by atoms with E-state index < -0.39 is 11.7 Å². The summed E-state index contributed by atoms with van der Waals surface area (Å²) in [6.45, 7) is 5.49. The molecule has 0 aliphatic rings. The van der Waals surface area contributed by atoms with Crippen LogP contribution in [0.25, 0.3) is 10.9 Å². The Balaban J connectivity index is 2.56. The van der Waals surface area contributed by atoms with Gasteiger partial charge in [-0.15, -0.1) is 11.6 Å². The van der Waals surface area contributed by atoms with Crippen molar-refractivity contribution in [3.8, 4) is 5.75 Å². The summed E-state index contributed by atoms with van der Waals surface area (Å²) < 4.78 is 12.1. The van der Waals surface area contributed by atoms with E-state index in [1.54, 1.807) is 13.2 Å². The van der Waals surface area contributed by atoms with Gasteiger partial charge in [-0.1, -0.05) is 0 Å². The lowest BCUT2D eigenvalue weighted by Crippen LogP contribution is -2.27. The first-order valence-corrected chi connectivity index (χ1v) is 6.87. The molecule has 0 unspecified atom stereocenters. The zero-order chi connectivity index (χ0) is 14.9. The second kappa shape index (κ2) is 5.37. The van der Waals surface area contributed by atoms with Crippen molar-refractivity contribution in [3.63, 3.8) is 0 Å². The molecule has 0 amide bonds. The van der Waals surface area contributed by atoms with Crippen LogP contribution in [0.15, 0.2) is 24.3 Å². The maximum atomic E-state index is 12.4. The average Bonchev–Trinajstić information content (AvgIpc) is 2.73. The highest BCUT2D eigenvalue weighted by Gasteiger charge is 2.22. The van der Waals surface area contributed by atoms with Crippen LogP contribution in [0.3, 0.4) is 0 Å². The molecule has 2 aromatic rings. The molecule has 5 heteroatoms. The number of carbonyl (C=O) groups excluding carboxylic acids is 1. The summed E-state index contributed by atoms with van der Waals surface area (Å²) in [5, 5.41) is 0.923. The highest BCUT2D eigenvalue weighted by Crippen LogP contribution is 2.26. The number of methoxy groups -OCH3 is 1. The van der Waals surface area contributed by atoms with Crippen molar-refractivity contribution >= 4 is 28.6 Å². The summed E-state index contributed by atoms with van der Waals surface area (Å²) >= 11 is 5.93. The number of aromatic nitrogens is 1. The topological polar surface area (TPSA) is 40.5 Å². The van der Waals surface area contributed by atoms with Crippen molar-refractivity contribution in [2.75, 3.05) is 7.11 Å². The monoisotopic (exact) mass is 295 g/mol. The highest BCUT2D eigenvalue weighted by atomic mass is 35.5. The molecule has 0 bridgehead atoms. The van der Waals surface area contributed by atoms with Crippen LogP contribution in [0.4, 0.5) is 4.79 Å². The Morgan fingerprint density at radius 1 is 1.30 bits per heavy atom. The lowest BCUT2D eigenvalue weighted by Gasteiger charge is -2.20. The second-order valence-electron chi connectivity index (χ2n) is 5.51. The molecule has 1 aromatic heterocycles. The Labute approximate surface area is 123 Å². The fourth-order valence-corrected chi connectivity index (χ4v) is 2.18. The van der Waals surface area contributed by atoms with Gasteiger partial charge in [0.05, 0.1) is 18.5 Å². The van der Waals surface area contributed by atoms with Gasteiger partial charge < -0.3 is 9.47 Å². The van der Waals surface area contributed by atoms with Gasteiger partial charge in [0.2, 0.25) is 0 Å². The normalized spacial score (nSPS) is 11.7. The van der Waals surface area contributed by atoms with Crippen LogP contribution >= 0.6 is 11.6 Å². The minimum Gasteiger partial charge on any atom is -0.497 e. The van der Waals surface area contributed by atoms with E-state index in [1.165, 1.54) is 4.57 Å². The van der Waals surface area contributed by atoms with Crippen LogP contribution in [0, 0.1) is 0 Å². The van der Waals surface area contributed by atoms with Crippen molar-refractivity contribution in [2.45, 2.75) is 32.3 Å². The van der Waals surface area contributed by atoms with Crippen LogP contribution in [0.2, 0.25) is 0 Å². The zero-order valence-corrected chi connectivity index (χ0v) is 12.8. The number of hydrogen-bond acceptors (Lipinski definition) is 3. The Hall–Kier alpha value is -1.68. The van der Waals surface area contributed by atoms with Gasteiger partial charge in [0.15, 0.2) is 0 Å². The SMILES string of the molecule is COc1ccc2cc(CCl)n(C(=O)OC(C)(C)C)c2c1. The van der Waals surface area contributed by atoms with E-state index >= 15 is 0 Å². The first-order valence-electron chi connectivity index (χ1n) is 6.33. The highest BCUT2D eigenvalue weighted by molar-refractivity contribution is 6.17. The van der Waals surface area contributed by atoms with E-state index in [2.05, 4.69) is 0 Å². The molecule has 0 fully saturated rings. The second-order valence-corrected chi connectivity index (χ2v) is 5.78. The maximum absolute atomic E-state index is 12.4. The van der Waals surface area contributed by atoms with E-state index in [1.807, 2.05) is 39.0 Å². The molecule has 2 rings (SSSR count). The minimum absolute atomic E-state index is 0.232. The number of fused-ring (bicyclic) bond motifs is 1. The van der Waals surface area contributed by atoms with Crippen molar-refractivity contribution < 1.29 is 14.3 Å². The number of ether oxygens (including phenoxy) is 2. The van der Waals surface area contributed by atoms with Crippen LogP contribution in [0.1, 0.15) is 26.5 Å². The molecule has 0 aliphatic heterocycles. The molecule has 0 N–H and O–H groups in total. The molecule has 0 atom stereocenters. The Morgan fingerprint density at radius 2 is 2.00 bits per heavy atom. The fourth-order valence-electron chi connectivity index (χ4n) is 1.99. The van der Waals surface area contributed by atoms with E-state index in [0.717, 1.165) is 10.9 Å². The molecule has 1 aromatic carbocycles. The summed E-state index contributed by atoms with van der Waals surface area (Å²) in [7, 11) is 1.59. The minimum atomic E-state index is -0.559. The van der Waals surface area contributed by atoms with E-state index in [4.69, 9.17) is 21.1 Å². The smallest absolute Gasteiger partial charge is 0.419 e. The molecule has 0 radical (unpaired) electrons. The molecule has 0 saturated carbocycles. The van der Waals surface area contributed by atoms with Gasteiger partial charge in [-0.05, 0) is 39.0 Å². The third-order valence-corrected chi connectivity index (χ3v) is 3.07. The van der Waals surface area contributed by atoms with Crippen molar-refractivity contribution in [2.24, 2.45) is 0 Å². The van der Waals surface area contributed by atoms with E-state index in [0.29, 0.717) is 11.4 Å². The molecule has 0 aliphatic carbocycles. The predicted molar refractivity (Wildman–Crippen MR) is 79.7 cm³/mol. The van der Waals surface area contributed by atoms with Gasteiger partial charge in [-0.3, -0.25) is 0 Å². The molecule has 108 valence electrons. The largest absolute Gasteiger partial charge is 0.497 e. The van der Waals surface area contributed by atoms with Crippen molar-refractivity contribution in [3.05, 3.63) is 30.0 Å². The number of halogens is 1. The zero-order valence-electron chi connectivity index (χ0n) is 12.1. The Bertz CT molecular complexity index is 640. The van der Waals surface area contributed by atoms with Gasteiger partial charge in [-0.2, -0.15) is 0 Å². The quantitative estimate of drug-likeness (QED) is 0.781. The van der Waals surface area contributed by atoms with Gasteiger partial charge in [0, 0.05) is 17.1 Å². The summed E-state index contributed by atoms with van der Waals surface area (Å²) in [5.41, 5.74) is 0.870. The van der Waals surface area contributed by atoms with Gasteiger partial charge in [0.25, 0.3) is 0 Å². The molecular weight excluding hydrogens is 278 g/mol. The van der Waals surface area contributed by atoms with Crippen LogP contribution in [-0.2, 0) is 10.6 Å².